The molecule has 0 aliphatic rings. The van der Waals surface area contributed by atoms with Gasteiger partial charge in [-0.15, -0.1) is 0 Å². The van der Waals surface area contributed by atoms with E-state index in [0.29, 0.717) is 12.3 Å². The number of sulfonamides is 1. The predicted molar refractivity (Wildman–Crippen MR) is 100 cm³/mol. The Hall–Kier alpha value is -2.38. The van der Waals surface area contributed by atoms with Gasteiger partial charge in [-0.25, -0.2) is 13.1 Å². The van der Waals surface area contributed by atoms with Crippen LogP contribution in [0.25, 0.3) is 0 Å². The number of rotatable bonds is 7. The summed E-state index contributed by atoms with van der Waals surface area (Å²) in [6.45, 7) is 5.61. The first kappa shape index (κ1) is 19.9. The summed E-state index contributed by atoms with van der Waals surface area (Å²) >= 11 is 0. The molecule has 0 saturated heterocycles. The third kappa shape index (κ3) is 6.50. The van der Waals surface area contributed by atoms with E-state index in [0.717, 1.165) is 5.56 Å². The molecule has 2 N–H and O–H groups in total. The number of carbonyl (C=O) groups excluding carboxylic acids is 1. The Labute approximate surface area is 154 Å². The molecule has 2 rings (SSSR count). The molecular weight excluding hydrogens is 352 g/mol. The molecular formula is C19H24N2O4S. The van der Waals surface area contributed by atoms with Crippen molar-refractivity contribution in [2.75, 3.05) is 6.61 Å². The number of carbonyl (C=O) groups is 1. The largest absolute Gasteiger partial charge is 0.484 e. The summed E-state index contributed by atoms with van der Waals surface area (Å²) in [5, 5.41) is 2.76. The van der Waals surface area contributed by atoms with Gasteiger partial charge in [-0.1, -0.05) is 30.3 Å². The molecule has 0 spiro atoms. The van der Waals surface area contributed by atoms with Crippen LogP contribution >= 0.6 is 0 Å². The molecule has 2 aromatic carbocycles. The van der Waals surface area contributed by atoms with E-state index in [4.69, 9.17) is 4.74 Å². The molecule has 0 saturated carbocycles. The van der Waals surface area contributed by atoms with E-state index < -0.39 is 15.6 Å². The Kier molecular flexibility index (Phi) is 6.39. The number of nitrogens with one attached hydrogen (secondary N) is 2. The van der Waals surface area contributed by atoms with Crippen LogP contribution in [0.2, 0.25) is 0 Å². The van der Waals surface area contributed by atoms with E-state index in [-0.39, 0.29) is 17.4 Å². The van der Waals surface area contributed by atoms with Crippen LogP contribution in [0.3, 0.4) is 0 Å². The molecule has 140 valence electrons. The Morgan fingerprint density at radius 1 is 1.00 bits per heavy atom. The topological polar surface area (TPSA) is 84.5 Å². The number of hydrogen-bond acceptors (Lipinski definition) is 4. The molecule has 0 aromatic heterocycles. The summed E-state index contributed by atoms with van der Waals surface area (Å²) in [5.41, 5.74) is 0.437. The van der Waals surface area contributed by atoms with Gasteiger partial charge < -0.3 is 10.1 Å². The molecule has 6 nitrogen and oxygen atoms in total. The summed E-state index contributed by atoms with van der Waals surface area (Å²) < 4.78 is 32.4. The zero-order valence-electron chi connectivity index (χ0n) is 15.2. The van der Waals surface area contributed by atoms with Gasteiger partial charge in [-0.3, -0.25) is 4.79 Å². The van der Waals surface area contributed by atoms with Crippen molar-refractivity contribution in [1.82, 2.24) is 10.0 Å². The minimum absolute atomic E-state index is 0.140. The molecule has 0 fully saturated rings. The number of ether oxygens (including phenoxy) is 1. The highest BCUT2D eigenvalue weighted by molar-refractivity contribution is 7.89. The fraction of sp³-hybridized carbons (Fsp3) is 0.316. The number of hydrogen-bond donors (Lipinski definition) is 2. The maximum absolute atomic E-state index is 12.2. The molecule has 26 heavy (non-hydrogen) atoms. The lowest BCUT2D eigenvalue weighted by molar-refractivity contribution is -0.123. The normalized spacial score (nSPS) is 11.8. The molecule has 0 unspecified atom stereocenters. The average molecular weight is 376 g/mol. The molecule has 7 heteroatoms. The Balaban J connectivity index is 1.86. The van der Waals surface area contributed by atoms with Crippen LogP contribution in [0.1, 0.15) is 26.3 Å². The summed E-state index contributed by atoms with van der Waals surface area (Å²) in [7, 11) is -3.59. The van der Waals surface area contributed by atoms with Gasteiger partial charge in [0.1, 0.15) is 5.75 Å². The first-order valence-corrected chi connectivity index (χ1v) is 9.71. The third-order valence-corrected chi connectivity index (χ3v) is 5.05. The van der Waals surface area contributed by atoms with Crippen LogP contribution in [-0.4, -0.2) is 26.5 Å². The lowest BCUT2D eigenvalue weighted by Gasteiger charge is -2.20. The van der Waals surface area contributed by atoms with E-state index >= 15 is 0 Å². The fourth-order valence-corrected chi connectivity index (χ4v) is 3.59. The van der Waals surface area contributed by atoms with Crippen LogP contribution in [0.5, 0.6) is 5.75 Å². The van der Waals surface area contributed by atoms with Crippen molar-refractivity contribution in [3.8, 4) is 5.75 Å². The lowest BCUT2D eigenvalue weighted by Crippen LogP contribution is -2.40. The lowest BCUT2D eigenvalue weighted by atomic mass is 10.1. The highest BCUT2D eigenvalue weighted by atomic mass is 32.2. The molecule has 1 amide bonds. The zero-order valence-corrected chi connectivity index (χ0v) is 16.0. The minimum atomic E-state index is -3.59. The average Bonchev–Trinajstić information content (AvgIpc) is 2.57. The van der Waals surface area contributed by atoms with Crippen molar-refractivity contribution in [3.05, 3.63) is 60.2 Å². The van der Waals surface area contributed by atoms with Crippen molar-refractivity contribution in [2.45, 2.75) is 37.8 Å². The molecule has 0 bridgehead atoms. The zero-order chi connectivity index (χ0) is 19.2. The van der Waals surface area contributed by atoms with Crippen LogP contribution in [0, 0.1) is 0 Å². The molecule has 0 heterocycles. The Bertz CT molecular complexity index is 826. The van der Waals surface area contributed by atoms with Gasteiger partial charge in [0.25, 0.3) is 5.91 Å². The quantitative estimate of drug-likeness (QED) is 0.777. The summed E-state index contributed by atoms with van der Waals surface area (Å²) in [6.07, 6.45) is 0. The van der Waals surface area contributed by atoms with Crippen LogP contribution in [0.4, 0.5) is 0 Å². The first-order valence-electron chi connectivity index (χ1n) is 8.23. The Morgan fingerprint density at radius 3 is 2.19 bits per heavy atom. The smallest absolute Gasteiger partial charge is 0.258 e. The van der Waals surface area contributed by atoms with Crippen LogP contribution in [0.15, 0.2) is 59.5 Å². The van der Waals surface area contributed by atoms with Gasteiger partial charge in [-0.2, -0.15) is 0 Å². The summed E-state index contributed by atoms with van der Waals surface area (Å²) in [4.78, 5) is 12.0. The minimum Gasteiger partial charge on any atom is -0.484 e. The number of benzene rings is 2. The van der Waals surface area contributed by atoms with E-state index in [1.54, 1.807) is 20.8 Å². The van der Waals surface area contributed by atoms with Gasteiger partial charge in [0, 0.05) is 12.1 Å². The van der Waals surface area contributed by atoms with Crippen molar-refractivity contribution in [1.29, 1.82) is 0 Å². The fourth-order valence-electron chi connectivity index (χ4n) is 2.17. The second-order valence-corrected chi connectivity index (χ2v) is 8.56. The Morgan fingerprint density at radius 2 is 1.62 bits per heavy atom. The maximum Gasteiger partial charge on any atom is 0.258 e. The second-order valence-electron chi connectivity index (χ2n) is 6.88. The van der Waals surface area contributed by atoms with Crippen molar-refractivity contribution >= 4 is 15.9 Å². The molecule has 0 atom stereocenters. The number of amides is 1. The van der Waals surface area contributed by atoms with E-state index in [1.165, 1.54) is 24.3 Å². The predicted octanol–water partition coefficient (Wildman–Crippen LogP) is 2.46. The molecule has 0 aliphatic heterocycles. The maximum atomic E-state index is 12.2. The highest BCUT2D eigenvalue weighted by Gasteiger charge is 2.21. The third-order valence-electron chi connectivity index (χ3n) is 3.28. The van der Waals surface area contributed by atoms with Crippen molar-refractivity contribution in [2.24, 2.45) is 0 Å². The van der Waals surface area contributed by atoms with Gasteiger partial charge in [0.05, 0.1) is 4.90 Å². The van der Waals surface area contributed by atoms with E-state index in [2.05, 4.69) is 10.0 Å². The SMILES string of the molecule is CC(C)(C)NS(=O)(=O)c1ccc(OCC(=O)NCc2ccccc2)cc1. The van der Waals surface area contributed by atoms with Gasteiger partial charge in [0.15, 0.2) is 6.61 Å². The summed E-state index contributed by atoms with van der Waals surface area (Å²) in [6, 6.07) is 15.5. The molecule has 0 radical (unpaired) electrons. The van der Waals surface area contributed by atoms with E-state index in [9.17, 15) is 13.2 Å². The first-order chi connectivity index (χ1) is 12.2. The van der Waals surface area contributed by atoms with E-state index in [1.807, 2.05) is 30.3 Å². The monoisotopic (exact) mass is 376 g/mol. The van der Waals surface area contributed by atoms with Crippen LogP contribution in [-0.2, 0) is 21.4 Å². The van der Waals surface area contributed by atoms with Crippen molar-refractivity contribution in [3.63, 3.8) is 0 Å². The standard InChI is InChI=1S/C19H24N2O4S/c1-19(2,3)21-26(23,24)17-11-9-16(10-12-17)25-14-18(22)20-13-15-7-5-4-6-8-15/h4-12,21H,13-14H2,1-3H3,(H,20,22). The summed E-state index contributed by atoms with van der Waals surface area (Å²) in [5.74, 6) is 0.175. The highest BCUT2D eigenvalue weighted by Crippen LogP contribution is 2.17. The van der Waals surface area contributed by atoms with Crippen LogP contribution < -0.4 is 14.8 Å². The second kappa shape index (κ2) is 8.33. The molecule has 0 aliphatic carbocycles. The van der Waals surface area contributed by atoms with Gasteiger partial charge in [0.2, 0.25) is 10.0 Å². The van der Waals surface area contributed by atoms with Gasteiger partial charge in [-0.05, 0) is 50.6 Å². The molecule has 2 aromatic rings. The van der Waals surface area contributed by atoms with Crippen molar-refractivity contribution < 1.29 is 17.9 Å². The van der Waals surface area contributed by atoms with Gasteiger partial charge >= 0.3 is 0 Å².